The van der Waals surface area contributed by atoms with Crippen molar-refractivity contribution in [3.05, 3.63) is 46.2 Å². The van der Waals surface area contributed by atoms with Gasteiger partial charge in [0.1, 0.15) is 17.2 Å². The fraction of sp³-hybridized carbons (Fsp3) is 0.421. The highest BCUT2D eigenvalue weighted by Gasteiger charge is 2.22. The van der Waals surface area contributed by atoms with Gasteiger partial charge in [-0.3, -0.25) is 19.9 Å². The molecule has 0 amide bonds. The van der Waals surface area contributed by atoms with Gasteiger partial charge in [-0.2, -0.15) is 0 Å². The minimum atomic E-state index is -0.0502. The van der Waals surface area contributed by atoms with Crippen molar-refractivity contribution in [2.45, 2.75) is 38.5 Å². The Labute approximate surface area is 146 Å². The molecule has 2 aliphatic heterocycles. The Morgan fingerprint density at radius 3 is 2.40 bits per heavy atom. The topological polar surface area (TPSA) is 74.5 Å². The standard InChI is InChI=1S/C19H23N5O/c25-19-17(15-10-4-6-12-20-15)18(22-16-11-5-7-13-21-16)23-24(19)14-8-2-1-3-9-14/h1-3,8-9,23H,4-7,10-13H2,(H,21,22). The molecule has 6 nitrogen and oxygen atoms in total. The maximum Gasteiger partial charge on any atom is 0.282 e. The van der Waals surface area contributed by atoms with Crippen LogP contribution in [0.15, 0.2) is 45.1 Å². The van der Waals surface area contributed by atoms with Crippen molar-refractivity contribution in [3.8, 4) is 5.69 Å². The smallest absolute Gasteiger partial charge is 0.282 e. The largest absolute Gasteiger partial charge is 0.329 e. The second-order valence-corrected chi connectivity index (χ2v) is 6.53. The lowest BCUT2D eigenvalue weighted by Gasteiger charge is -2.15. The number of hydrogen-bond acceptors (Lipinski definition) is 4. The lowest BCUT2D eigenvalue weighted by Crippen LogP contribution is -2.23. The Kier molecular flexibility index (Phi) is 4.50. The van der Waals surface area contributed by atoms with Gasteiger partial charge < -0.3 is 5.32 Å². The molecule has 0 bridgehead atoms. The molecule has 0 aliphatic carbocycles. The number of aromatic amines is 1. The van der Waals surface area contributed by atoms with Gasteiger partial charge in [0, 0.05) is 19.5 Å². The van der Waals surface area contributed by atoms with E-state index >= 15 is 0 Å². The van der Waals surface area contributed by atoms with Crippen LogP contribution in [0.25, 0.3) is 5.69 Å². The second-order valence-electron chi connectivity index (χ2n) is 6.53. The van der Waals surface area contributed by atoms with Crippen LogP contribution in [0.3, 0.4) is 0 Å². The summed E-state index contributed by atoms with van der Waals surface area (Å²) in [6, 6.07) is 9.65. The molecule has 2 aromatic rings. The van der Waals surface area contributed by atoms with E-state index in [1.54, 1.807) is 4.68 Å². The third-order valence-corrected chi connectivity index (χ3v) is 4.71. The number of aromatic nitrogens is 2. The molecule has 1 aromatic heterocycles. The number of anilines is 1. The van der Waals surface area contributed by atoms with E-state index in [1.807, 2.05) is 30.3 Å². The average Bonchev–Trinajstić information content (AvgIpc) is 3.00. The molecule has 3 heterocycles. The maximum absolute atomic E-state index is 13.1. The van der Waals surface area contributed by atoms with Gasteiger partial charge in [-0.25, -0.2) is 4.68 Å². The van der Waals surface area contributed by atoms with Crippen LogP contribution in [0.4, 0.5) is 5.82 Å². The molecular formula is C19H23N5O. The summed E-state index contributed by atoms with van der Waals surface area (Å²) in [6.45, 7) is 1.65. The summed E-state index contributed by atoms with van der Waals surface area (Å²) in [4.78, 5) is 22.3. The number of benzene rings is 1. The summed E-state index contributed by atoms with van der Waals surface area (Å²) in [5.74, 6) is 1.67. The predicted octanol–water partition coefficient (Wildman–Crippen LogP) is 3.13. The SMILES string of the molecule is O=c1c(C2=NCCCC2)c(NC2=NCCCC2)[nH]n1-c1ccccc1. The van der Waals surface area contributed by atoms with Crippen molar-refractivity contribution >= 4 is 17.4 Å². The monoisotopic (exact) mass is 337 g/mol. The molecule has 0 saturated carbocycles. The van der Waals surface area contributed by atoms with Gasteiger partial charge in [0.05, 0.1) is 11.4 Å². The average molecular weight is 337 g/mol. The number of para-hydroxylation sites is 1. The van der Waals surface area contributed by atoms with Gasteiger partial charge in [-0.15, -0.1) is 0 Å². The molecule has 4 rings (SSSR count). The van der Waals surface area contributed by atoms with Gasteiger partial charge in [-0.05, 0) is 44.2 Å². The summed E-state index contributed by atoms with van der Waals surface area (Å²) in [6.07, 6.45) is 6.21. The van der Waals surface area contributed by atoms with Gasteiger partial charge in [0.25, 0.3) is 5.56 Å². The number of nitrogens with one attached hydrogen (secondary N) is 2. The molecule has 0 radical (unpaired) electrons. The van der Waals surface area contributed by atoms with Crippen LogP contribution in [0.1, 0.15) is 44.1 Å². The minimum Gasteiger partial charge on any atom is -0.329 e. The van der Waals surface area contributed by atoms with Crippen molar-refractivity contribution in [2.24, 2.45) is 9.98 Å². The minimum absolute atomic E-state index is 0.0502. The summed E-state index contributed by atoms with van der Waals surface area (Å²) < 4.78 is 1.60. The zero-order valence-electron chi connectivity index (χ0n) is 14.3. The number of hydrogen-bond donors (Lipinski definition) is 2. The molecule has 0 unspecified atom stereocenters. The molecule has 2 N–H and O–H groups in total. The normalized spacial score (nSPS) is 17.8. The number of rotatable bonds is 3. The Hall–Kier alpha value is -2.63. The molecule has 1 aromatic carbocycles. The van der Waals surface area contributed by atoms with E-state index in [-0.39, 0.29) is 5.56 Å². The van der Waals surface area contributed by atoms with Crippen molar-refractivity contribution in [2.75, 3.05) is 18.4 Å². The van der Waals surface area contributed by atoms with Crippen LogP contribution in [-0.4, -0.2) is 34.4 Å². The van der Waals surface area contributed by atoms with Gasteiger partial charge in [0.2, 0.25) is 0 Å². The first kappa shape index (κ1) is 15.9. The fourth-order valence-corrected chi connectivity index (χ4v) is 3.40. The molecule has 2 aliphatic rings. The molecule has 0 fully saturated rings. The number of nitrogens with zero attached hydrogens (tertiary/aromatic N) is 3. The Bertz CT molecular complexity index is 860. The zero-order valence-corrected chi connectivity index (χ0v) is 14.3. The second kappa shape index (κ2) is 7.09. The molecule has 0 atom stereocenters. The number of aliphatic imine (C=N–C) groups is 2. The quantitative estimate of drug-likeness (QED) is 0.903. The van der Waals surface area contributed by atoms with Gasteiger partial charge in [-0.1, -0.05) is 18.2 Å². The summed E-state index contributed by atoms with van der Waals surface area (Å²) in [5, 5.41) is 6.61. The third kappa shape index (κ3) is 3.29. The molecular weight excluding hydrogens is 314 g/mol. The Morgan fingerprint density at radius 2 is 1.72 bits per heavy atom. The third-order valence-electron chi connectivity index (χ3n) is 4.71. The highest BCUT2D eigenvalue weighted by atomic mass is 16.1. The van der Waals surface area contributed by atoms with E-state index < -0.39 is 0 Å². The van der Waals surface area contributed by atoms with Gasteiger partial charge in [0.15, 0.2) is 0 Å². The Balaban J connectivity index is 1.79. The van der Waals surface area contributed by atoms with E-state index in [4.69, 9.17) is 0 Å². The number of H-pyrrole nitrogens is 1. The first-order chi connectivity index (χ1) is 12.3. The number of amidine groups is 1. The van der Waals surface area contributed by atoms with Gasteiger partial charge >= 0.3 is 0 Å². The van der Waals surface area contributed by atoms with E-state index in [1.165, 1.54) is 0 Å². The summed E-state index contributed by atoms with van der Waals surface area (Å²) in [5.41, 5.74) is 2.34. The van der Waals surface area contributed by atoms with Crippen LogP contribution < -0.4 is 10.9 Å². The predicted molar refractivity (Wildman–Crippen MR) is 101 cm³/mol. The van der Waals surface area contributed by atoms with E-state index in [0.29, 0.717) is 5.56 Å². The lowest BCUT2D eigenvalue weighted by atomic mass is 10.0. The van der Waals surface area contributed by atoms with Crippen LogP contribution in [-0.2, 0) is 0 Å². The van der Waals surface area contributed by atoms with Crippen LogP contribution in [0.5, 0.6) is 0 Å². The van der Waals surface area contributed by atoms with Crippen molar-refractivity contribution in [3.63, 3.8) is 0 Å². The molecule has 25 heavy (non-hydrogen) atoms. The summed E-state index contributed by atoms with van der Waals surface area (Å²) >= 11 is 0. The van der Waals surface area contributed by atoms with E-state index in [9.17, 15) is 4.79 Å². The van der Waals surface area contributed by atoms with Crippen molar-refractivity contribution < 1.29 is 0 Å². The first-order valence-corrected chi connectivity index (χ1v) is 9.07. The molecule has 6 heteroatoms. The molecule has 0 saturated heterocycles. The van der Waals surface area contributed by atoms with Crippen molar-refractivity contribution in [1.82, 2.24) is 9.78 Å². The first-order valence-electron chi connectivity index (χ1n) is 9.07. The Morgan fingerprint density at radius 1 is 0.960 bits per heavy atom. The van der Waals surface area contributed by atoms with Crippen LogP contribution in [0.2, 0.25) is 0 Å². The van der Waals surface area contributed by atoms with Crippen molar-refractivity contribution in [1.29, 1.82) is 0 Å². The fourth-order valence-electron chi connectivity index (χ4n) is 3.40. The van der Waals surface area contributed by atoms with Crippen LogP contribution >= 0.6 is 0 Å². The zero-order chi connectivity index (χ0) is 17.1. The molecule has 130 valence electrons. The lowest BCUT2D eigenvalue weighted by molar-refractivity contribution is 0.735. The maximum atomic E-state index is 13.1. The molecule has 0 spiro atoms. The summed E-state index contributed by atoms with van der Waals surface area (Å²) in [7, 11) is 0. The highest BCUT2D eigenvalue weighted by Crippen LogP contribution is 2.20. The van der Waals surface area contributed by atoms with E-state index in [0.717, 1.165) is 74.7 Å². The highest BCUT2D eigenvalue weighted by molar-refractivity contribution is 6.07. The van der Waals surface area contributed by atoms with Crippen LogP contribution in [0, 0.1) is 0 Å². The van der Waals surface area contributed by atoms with E-state index in [2.05, 4.69) is 20.4 Å².